The molecular weight excluding hydrogens is 384 g/mol. The molecule has 7 nitrogen and oxygen atoms in total. The topological polar surface area (TPSA) is 88.7 Å². The van der Waals surface area contributed by atoms with Crippen molar-refractivity contribution in [1.29, 1.82) is 0 Å². The Kier molecular flexibility index (Phi) is 5.11. The Labute approximate surface area is 166 Å². The number of ether oxygens (including phenoxy) is 2. The molecule has 1 aliphatic heterocycles. The summed E-state index contributed by atoms with van der Waals surface area (Å²) in [4.78, 5) is 41.2. The number of hydrogen-bond acceptors (Lipinski definition) is 5. The van der Waals surface area contributed by atoms with E-state index >= 15 is 0 Å². The number of fused-ring (bicyclic) bond motifs is 2. The van der Waals surface area contributed by atoms with Crippen LogP contribution in [0.25, 0.3) is 10.8 Å². The van der Waals surface area contributed by atoms with Gasteiger partial charge in [0.25, 0.3) is 11.8 Å². The average molecular weight is 401 g/mol. The first-order valence-corrected chi connectivity index (χ1v) is 8.26. The van der Waals surface area contributed by atoms with Crippen molar-refractivity contribution in [2.75, 3.05) is 14.2 Å². The Hall–Kier alpha value is -3.32. The van der Waals surface area contributed by atoms with Gasteiger partial charge in [0, 0.05) is 17.1 Å². The molecule has 3 aromatic rings. The van der Waals surface area contributed by atoms with E-state index in [0.717, 1.165) is 4.90 Å². The van der Waals surface area contributed by atoms with Crippen LogP contribution in [-0.2, 0) is 6.54 Å². The Morgan fingerprint density at radius 2 is 1.46 bits per heavy atom. The predicted molar refractivity (Wildman–Crippen MR) is 106 cm³/mol. The van der Waals surface area contributed by atoms with Crippen molar-refractivity contribution < 1.29 is 19.1 Å². The number of aromatic nitrogens is 1. The maximum Gasteiger partial charge on any atom is 0.261 e. The molecule has 0 saturated carbocycles. The number of imide groups is 1. The highest BCUT2D eigenvalue weighted by atomic mass is 35.5. The van der Waals surface area contributed by atoms with Crippen molar-refractivity contribution in [3.8, 4) is 11.5 Å². The number of carbonyl (C=O) groups is 2. The summed E-state index contributed by atoms with van der Waals surface area (Å²) in [5.41, 5.74) is 0.850. The van der Waals surface area contributed by atoms with Crippen LogP contribution < -0.4 is 15.0 Å². The van der Waals surface area contributed by atoms with Crippen molar-refractivity contribution in [3.63, 3.8) is 0 Å². The van der Waals surface area contributed by atoms with Crippen molar-refractivity contribution in [2.24, 2.45) is 0 Å². The van der Waals surface area contributed by atoms with Crippen molar-refractivity contribution in [1.82, 2.24) is 9.88 Å². The van der Waals surface area contributed by atoms with E-state index in [1.54, 1.807) is 36.4 Å². The molecule has 0 fully saturated rings. The lowest BCUT2D eigenvalue weighted by atomic mass is 10.1. The number of pyridine rings is 1. The molecule has 4 rings (SSSR count). The van der Waals surface area contributed by atoms with Gasteiger partial charge in [0.2, 0.25) is 5.56 Å². The monoisotopic (exact) mass is 400 g/mol. The summed E-state index contributed by atoms with van der Waals surface area (Å²) in [5, 5.41) is 1.30. The molecule has 2 amide bonds. The fraction of sp³-hybridized carbons (Fsp3) is 0.150. The molecule has 0 aliphatic carbocycles. The zero-order valence-electron chi connectivity index (χ0n) is 15.1. The minimum atomic E-state index is -0.381. The van der Waals surface area contributed by atoms with Gasteiger partial charge in [0.1, 0.15) is 0 Å². The fourth-order valence-electron chi connectivity index (χ4n) is 3.33. The zero-order chi connectivity index (χ0) is 19.1. The van der Waals surface area contributed by atoms with Gasteiger partial charge < -0.3 is 14.5 Å². The number of rotatable bonds is 4. The third kappa shape index (κ3) is 2.99. The maximum atomic E-state index is 12.6. The highest BCUT2D eigenvalue weighted by molar-refractivity contribution is 6.21. The van der Waals surface area contributed by atoms with E-state index in [1.165, 1.54) is 20.3 Å². The molecular formula is C20H17ClN2O5. The molecule has 0 bridgehead atoms. The SMILES string of the molecule is COc1cc2cc(=O)[nH]c(CN3C(=O)c4ccccc4C3=O)c2cc1OC.Cl. The molecule has 0 radical (unpaired) electrons. The van der Waals surface area contributed by atoms with Crippen LogP contribution in [0.1, 0.15) is 26.4 Å². The maximum absolute atomic E-state index is 12.6. The lowest BCUT2D eigenvalue weighted by molar-refractivity contribution is 0.0641. The highest BCUT2D eigenvalue weighted by Crippen LogP contribution is 2.33. The Bertz CT molecular complexity index is 1120. The minimum Gasteiger partial charge on any atom is -0.493 e. The van der Waals surface area contributed by atoms with Crippen molar-refractivity contribution in [3.05, 3.63) is 69.6 Å². The first-order chi connectivity index (χ1) is 13.0. The summed E-state index contributed by atoms with van der Waals surface area (Å²) in [6, 6.07) is 11.5. The standard InChI is InChI=1S/C20H16N2O5.ClH/c1-26-16-7-11-8-18(23)21-15(14(11)9-17(16)27-2)10-22-19(24)12-5-3-4-6-13(12)20(22)25;/h3-9H,10H2,1-2H3,(H,21,23);1H. The summed E-state index contributed by atoms with van der Waals surface area (Å²) in [7, 11) is 3.02. The second-order valence-electron chi connectivity index (χ2n) is 6.15. The predicted octanol–water partition coefficient (Wildman–Crippen LogP) is 2.76. The summed E-state index contributed by atoms with van der Waals surface area (Å²) < 4.78 is 10.6. The normalized spacial score (nSPS) is 12.7. The number of amides is 2. The number of nitrogens with zero attached hydrogens (tertiary/aromatic N) is 1. The van der Waals surface area contributed by atoms with E-state index in [1.807, 2.05) is 0 Å². The molecule has 1 aliphatic rings. The molecule has 0 spiro atoms. The number of aromatic amines is 1. The van der Waals surface area contributed by atoms with E-state index in [9.17, 15) is 14.4 Å². The number of H-pyrrole nitrogens is 1. The van der Waals surface area contributed by atoms with Crippen LogP contribution in [0.2, 0.25) is 0 Å². The van der Waals surface area contributed by atoms with Gasteiger partial charge >= 0.3 is 0 Å². The summed E-state index contributed by atoms with van der Waals surface area (Å²) in [5.74, 6) is 0.214. The molecule has 0 saturated heterocycles. The lowest BCUT2D eigenvalue weighted by Gasteiger charge is -2.16. The second kappa shape index (κ2) is 7.36. The molecule has 28 heavy (non-hydrogen) atoms. The number of nitrogens with one attached hydrogen (secondary N) is 1. The molecule has 1 N–H and O–H groups in total. The van der Waals surface area contributed by atoms with E-state index in [-0.39, 0.29) is 36.3 Å². The van der Waals surface area contributed by atoms with Crippen LogP contribution >= 0.6 is 12.4 Å². The largest absolute Gasteiger partial charge is 0.493 e. The van der Waals surface area contributed by atoms with Crippen LogP contribution in [0.15, 0.2) is 47.3 Å². The zero-order valence-corrected chi connectivity index (χ0v) is 16.0. The van der Waals surface area contributed by atoms with E-state index in [0.29, 0.717) is 39.1 Å². The minimum absolute atomic E-state index is 0. The van der Waals surface area contributed by atoms with E-state index in [2.05, 4.69) is 4.98 Å². The van der Waals surface area contributed by atoms with Crippen molar-refractivity contribution >= 4 is 35.0 Å². The van der Waals surface area contributed by atoms with Crippen LogP contribution in [0.3, 0.4) is 0 Å². The molecule has 8 heteroatoms. The molecule has 1 aromatic heterocycles. The van der Waals surface area contributed by atoms with Gasteiger partial charge in [-0.15, -0.1) is 12.4 Å². The average Bonchev–Trinajstić information content (AvgIpc) is 2.92. The lowest BCUT2D eigenvalue weighted by Crippen LogP contribution is -2.30. The Balaban J connectivity index is 0.00000225. The van der Waals surface area contributed by atoms with Crippen LogP contribution in [-0.4, -0.2) is 35.9 Å². The van der Waals surface area contributed by atoms with Gasteiger partial charge in [-0.1, -0.05) is 12.1 Å². The number of hydrogen-bond donors (Lipinski definition) is 1. The highest BCUT2D eigenvalue weighted by Gasteiger charge is 2.35. The third-order valence-corrected chi connectivity index (χ3v) is 4.64. The number of carbonyl (C=O) groups excluding carboxylic acids is 2. The Morgan fingerprint density at radius 3 is 2.04 bits per heavy atom. The summed E-state index contributed by atoms with van der Waals surface area (Å²) >= 11 is 0. The first-order valence-electron chi connectivity index (χ1n) is 8.26. The molecule has 144 valence electrons. The quantitative estimate of drug-likeness (QED) is 0.680. The van der Waals surface area contributed by atoms with Crippen molar-refractivity contribution in [2.45, 2.75) is 6.54 Å². The fourth-order valence-corrected chi connectivity index (χ4v) is 3.33. The number of halogens is 1. The van der Waals surface area contributed by atoms with E-state index < -0.39 is 0 Å². The van der Waals surface area contributed by atoms with E-state index in [4.69, 9.17) is 9.47 Å². The molecule has 0 atom stereocenters. The third-order valence-electron chi connectivity index (χ3n) is 4.64. The van der Waals surface area contributed by atoms with Gasteiger partial charge in [-0.2, -0.15) is 0 Å². The molecule has 2 heterocycles. The Morgan fingerprint density at radius 1 is 0.893 bits per heavy atom. The number of benzene rings is 2. The van der Waals surface area contributed by atoms with Gasteiger partial charge in [-0.05, 0) is 29.7 Å². The van der Waals surface area contributed by atoms with Crippen LogP contribution in [0.5, 0.6) is 11.5 Å². The number of methoxy groups -OCH3 is 2. The first kappa shape index (κ1) is 19.4. The molecule has 0 unspecified atom stereocenters. The van der Waals surface area contributed by atoms with Gasteiger partial charge in [0.05, 0.1) is 31.9 Å². The van der Waals surface area contributed by atoms with Gasteiger partial charge in [0.15, 0.2) is 11.5 Å². The molecule has 2 aromatic carbocycles. The van der Waals surface area contributed by atoms with Gasteiger partial charge in [-0.25, -0.2) is 0 Å². The van der Waals surface area contributed by atoms with Crippen LogP contribution in [0, 0.1) is 0 Å². The summed E-state index contributed by atoms with van der Waals surface area (Å²) in [6.07, 6.45) is 0. The van der Waals surface area contributed by atoms with Gasteiger partial charge in [-0.3, -0.25) is 19.3 Å². The summed E-state index contributed by atoms with van der Waals surface area (Å²) in [6.45, 7) is -0.0472. The van der Waals surface area contributed by atoms with Crippen LogP contribution in [0.4, 0.5) is 0 Å². The second-order valence-corrected chi connectivity index (χ2v) is 6.15. The smallest absolute Gasteiger partial charge is 0.261 e.